The Kier molecular flexibility index (Phi) is 4.15. The third-order valence-corrected chi connectivity index (χ3v) is 5.09. The minimum atomic E-state index is 0.668. The van der Waals surface area contributed by atoms with Gasteiger partial charge in [0.05, 0.1) is 11.4 Å². The molecule has 0 spiro atoms. The van der Waals surface area contributed by atoms with Crippen LogP contribution in [0.4, 0.5) is 0 Å². The normalized spacial score (nSPS) is 11.1. The molecular weight excluding hydrogens is 330 g/mol. The SMILES string of the molecule is Cc1ccc2nc(-c3ccccc3)c(CSc3cccc[n+]3[O-])n2c1. The summed E-state index contributed by atoms with van der Waals surface area (Å²) < 4.78 is 3.03. The average Bonchev–Trinajstić information content (AvgIpc) is 2.99. The molecule has 3 aromatic heterocycles. The highest BCUT2D eigenvalue weighted by Gasteiger charge is 2.16. The Morgan fingerprint density at radius 1 is 1.04 bits per heavy atom. The van der Waals surface area contributed by atoms with E-state index in [9.17, 15) is 5.21 Å². The maximum atomic E-state index is 11.9. The van der Waals surface area contributed by atoms with Gasteiger partial charge >= 0.3 is 0 Å². The molecule has 0 saturated heterocycles. The number of aryl methyl sites for hydroxylation is 1. The number of hydrogen-bond acceptors (Lipinski definition) is 3. The van der Waals surface area contributed by atoms with Crippen molar-refractivity contribution in [1.29, 1.82) is 0 Å². The van der Waals surface area contributed by atoms with Gasteiger partial charge in [0.15, 0.2) is 6.20 Å². The molecule has 25 heavy (non-hydrogen) atoms. The average molecular weight is 347 g/mol. The molecule has 3 heterocycles. The zero-order valence-corrected chi connectivity index (χ0v) is 14.6. The molecule has 4 nitrogen and oxygen atoms in total. The Bertz CT molecular complexity index is 1030. The summed E-state index contributed by atoms with van der Waals surface area (Å²) in [6, 6.07) is 19.7. The number of nitrogens with zero attached hydrogens (tertiary/aromatic N) is 3. The minimum absolute atomic E-state index is 0.668. The topological polar surface area (TPSA) is 44.2 Å². The van der Waals surface area contributed by atoms with Gasteiger partial charge in [0.1, 0.15) is 5.65 Å². The Balaban J connectivity index is 1.80. The monoisotopic (exact) mass is 347 g/mol. The van der Waals surface area contributed by atoms with Crippen LogP contribution in [0, 0.1) is 12.1 Å². The first-order valence-corrected chi connectivity index (χ1v) is 9.05. The summed E-state index contributed by atoms with van der Waals surface area (Å²) in [6.07, 6.45) is 3.62. The van der Waals surface area contributed by atoms with Gasteiger partial charge in [0.2, 0.25) is 0 Å². The van der Waals surface area contributed by atoms with Crippen LogP contribution >= 0.6 is 11.8 Å². The number of pyridine rings is 2. The van der Waals surface area contributed by atoms with Crippen molar-refractivity contribution in [2.24, 2.45) is 0 Å². The van der Waals surface area contributed by atoms with E-state index in [4.69, 9.17) is 4.98 Å². The molecule has 0 amide bonds. The van der Waals surface area contributed by atoms with Crippen LogP contribution in [-0.4, -0.2) is 9.38 Å². The van der Waals surface area contributed by atoms with Crippen molar-refractivity contribution in [3.63, 3.8) is 0 Å². The highest BCUT2D eigenvalue weighted by molar-refractivity contribution is 7.98. The Labute approximate surface area is 150 Å². The van der Waals surface area contributed by atoms with Crippen molar-refractivity contribution in [3.8, 4) is 11.3 Å². The molecule has 4 aromatic rings. The number of thioether (sulfide) groups is 1. The van der Waals surface area contributed by atoms with Crippen LogP contribution in [0.5, 0.6) is 0 Å². The standard InChI is InChI=1S/C20H17N3OS/c1-15-10-11-18-21-20(16-7-3-2-4-8-16)17(22(18)13-15)14-25-19-9-5-6-12-23(19)24/h2-13H,14H2,1H3. The lowest BCUT2D eigenvalue weighted by molar-refractivity contribution is -0.645. The highest BCUT2D eigenvalue weighted by atomic mass is 32.2. The fraction of sp³-hybridized carbons (Fsp3) is 0.100. The van der Waals surface area contributed by atoms with Crippen molar-refractivity contribution in [3.05, 3.63) is 89.5 Å². The number of fused-ring (bicyclic) bond motifs is 1. The van der Waals surface area contributed by atoms with Gasteiger partial charge in [-0.1, -0.05) is 36.4 Å². The fourth-order valence-electron chi connectivity index (χ4n) is 2.83. The zero-order chi connectivity index (χ0) is 17.2. The van der Waals surface area contributed by atoms with Gasteiger partial charge in [-0.2, -0.15) is 4.73 Å². The summed E-state index contributed by atoms with van der Waals surface area (Å²) in [6.45, 7) is 2.07. The maximum Gasteiger partial charge on any atom is 0.251 e. The molecule has 124 valence electrons. The summed E-state index contributed by atoms with van der Waals surface area (Å²) in [5.41, 5.74) is 5.24. The van der Waals surface area contributed by atoms with E-state index in [1.54, 1.807) is 6.07 Å². The first-order valence-electron chi connectivity index (χ1n) is 8.06. The number of rotatable bonds is 4. The molecule has 1 aromatic carbocycles. The lowest BCUT2D eigenvalue weighted by atomic mass is 10.1. The second-order valence-electron chi connectivity index (χ2n) is 5.86. The van der Waals surface area contributed by atoms with E-state index in [-0.39, 0.29) is 0 Å². The molecule has 0 atom stereocenters. The number of benzene rings is 1. The summed E-state index contributed by atoms with van der Waals surface area (Å²) >= 11 is 1.52. The lowest BCUT2D eigenvalue weighted by Crippen LogP contribution is -2.27. The molecule has 0 aliphatic carbocycles. The molecule has 5 heteroatoms. The van der Waals surface area contributed by atoms with Gasteiger partial charge in [0.25, 0.3) is 5.03 Å². The number of imidazole rings is 1. The molecule has 0 saturated carbocycles. The highest BCUT2D eigenvalue weighted by Crippen LogP contribution is 2.29. The second-order valence-corrected chi connectivity index (χ2v) is 6.86. The van der Waals surface area contributed by atoms with E-state index in [0.29, 0.717) is 10.8 Å². The first-order chi connectivity index (χ1) is 12.2. The smallest absolute Gasteiger partial charge is 0.251 e. The van der Waals surface area contributed by atoms with E-state index in [2.05, 4.69) is 35.7 Å². The molecule has 0 fully saturated rings. The van der Waals surface area contributed by atoms with E-state index in [0.717, 1.165) is 27.3 Å². The quantitative estimate of drug-likeness (QED) is 0.315. The van der Waals surface area contributed by atoms with Crippen LogP contribution in [0.3, 0.4) is 0 Å². The molecule has 0 unspecified atom stereocenters. The summed E-state index contributed by atoms with van der Waals surface area (Å²) in [7, 11) is 0. The number of aromatic nitrogens is 3. The van der Waals surface area contributed by atoms with E-state index in [1.165, 1.54) is 23.5 Å². The third-order valence-electron chi connectivity index (χ3n) is 4.06. The van der Waals surface area contributed by atoms with Crippen molar-refractivity contribution in [2.75, 3.05) is 0 Å². The molecule has 0 bridgehead atoms. The number of hydrogen-bond donors (Lipinski definition) is 0. The van der Waals surface area contributed by atoms with Gasteiger partial charge in [-0.05, 0) is 36.4 Å². The van der Waals surface area contributed by atoms with Crippen molar-refractivity contribution >= 4 is 17.4 Å². The zero-order valence-electron chi connectivity index (χ0n) is 13.8. The van der Waals surface area contributed by atoms with Crippen molar-refractivity contribution in [2.45, 2.75) is 17.7 Å². The van der Waals surface area contributed by atoms with Gasteiger partial charge < -0.3 is 9.61 Å². The fourth-order valence-corrected chi connectivity index (χ4v) is 3.75. The Morgan fingerprint density at radius 2 is 1.84 bits per heavy atom. The molecule has 0 N–H and O–H groups in total. The summed E-state index contributed by atoms with van der Waals surface area (Å²) in [5.74, 6) is 0.668. The largest absolute Gasteiger partial charge is 0.618 e. The molecule has 0 aliphatic rings. The van der Waals surface area contributed by atoms with Crippen LogP contribution < -0.4 is 4.73 Å². The van der Waals surface area contributed by atoms with Crippen LogP contribution in [0.15, 0.2) is 78.1 Å². The van der Waals surface area contributed by atoms with Gasteiger partial charge in [-0.3, -0.25) is 0 Å². The Morgan fingerprint density at radius 3 is 2.64 bits per heavy atom. The Hall–Kier alpha value is -2.79. The van der Waals surface area contributed by atoms with E-state index in [1.807, 2.05) is 36.4 Å². The van der Waals surface area contributed by atoms with E-state index >= 15 is 0 Å². The van der Waals surface area contributed by atoms with Crippen molar-refractivity contribution < 1.29 is 4.73 Å². The molecular formula is C20H17N3OS. The van der Waals surface area contributed by atoms with Crippen LogP contribution in [0.1, 0.15) is 11.3 Å². The maximum absolute atomic E-state index is 11.9. The van der Waals surface area contributed by atoms with Crippen LogP contribution in [0.2, 0.25) is 0 Å². The van der Waals surface area contributed by atoms with Gasteiger partial charge in [-0.25, -0.2) is 4.98 Å². The summed E-state index contributed by atoms with van der Waals surface area (Å²) in [4.78, 5) is 4.82. The summed E-state index contributed by atoms with van der Waals surface area (Å²) in [5, 5.41) is 12.6. The van der Waals surface area contributed by atoms with Gasteiger partial charge in [0, 0.05) is 29.6 Å². The minimum Gasteiger partial charge on any atom is -0.618 e. The van der Waals surface area contributed by atoms with E-state index < -0.39 is 0 Å². The van der Waals surface area contributed by atoms with Crippen LogP contribution in [0.25, 0.3) is 16.9 Å². The lowest BCUT2D eigenvalue weighted by Gasteiger charge is -2.06. The van der Waals surface area contributed by atoms with Gasteiger partial charge in [-0.15, -0.1) is 0 Å². The van der Waals surface area contributed by atoms with Crippen LogP contribution in [-0.2, 0) is 5.75 Å². The molecule has 0 aliphatic heterocycles. The third kappa shape index (κ3) is 3.10. The predicted molar refractivity (Wildman–Crippen MR) is 100 cm³/mol. The molecule has 0 radical (unpaired) electrons. The molecule has 4 rings (SSSR count). The van der Waals surface area contributed by atoms with Crippen molar-refractivity contribution in [1.82, 2.24) is 9.38 Å². The second kappa shape index (κ2) is 6.61. The predicted octanol–water partition coefficient (Wildman–Crippen LogP) is 4.24. The first kappa shape index (κ1) is 15.7.